The lowest BCUT2D eigenvalue weighted by atomic mass is 9.96. The highest BCUT2D eigenvalue weighted by Crippen LogP contribution is 2.42. The maximum Gasteiger partial charge on any atom is 0.164 e. The summed E-state index contributed by atoms with van der Waals surface area (Å²) >= 11 is 1.79. The van der Waals surface area contributed by atoms with Crippen molar-refractivity contribution in [3.63, 3.8) is 0 Å². The van der Waals surface area contributed by atoms with Crippen LogP contribution < -0.4 is 0 Å². The van der Waals surface area contributed by atoms with E-state index in [0.29, 0.717) is 17.5 Å². The van der Waals surface area contributed by atoms with Gasteiger partial charge in [-0.1, -0.05) is 121 Å². The van der Waals surface area contributed by atoms with Crippen molar-refractivity contribution in [1.29, 1.82) is 0 Å². The average Bonchev–Trinajstić information content (AvgIpc) is 3.74. The van der Waals surface area contributed by atoms with Gasteiger partial charge in [-0.05, 0) is 46.8 Å². The van der Waals surface area contributed by atoms with Gasteiger partial charge in [-0.15, -0.1) is 11.3 Å². The monoisotopic (exact) mass is 631 g/mol. The minimum atomic E-state index is 0.612. The second-order valence-electron chi connectivity index (χ2n) is 12.0. The summed E-state index contributed by atoms with van der Waals surface area (Å²) < 4.78 is 9.13. The third-order valence-electron chi connectivity index (χ3n) is 9.11. The van der Waals surface area contributed by atoms with Gasteiger partial charge in [0, 0.05) is 53.0 Å². The van der Waals surface area contributed by atoms with Crippen molar-refractivity contribution in [3.8, 4) is 45.3 Å². The molecule has 0 bridgehead atoms. The zero-order valence-electron chi connectivity index (χ0n) is 25.6. The van der Waals surface area contributed by atoms with Crippen LogP contribution in [-0.4, -0.2) is 15.0 Å². The highest BCUT2D eigenvalue weighted by atomic mass is 32.1. The third kappa shape index (κ3) is 4.33. The normalized spacial score (nSPS) is 11.8. The van der Waals surface area contributed by atoms with E-state index in [4.69, 9.17) is 19.4 Å². The van der Waals surface area contributed by atoms with E-state index in [1.807, 2.05) is 48.5 Å². The van der Waals surface area contributed by atoms with Gasteiger partial charge < -0.3 is 4.42 Å². The number of para-hydroxylation sites is 1. The lowest BCUT2D eigenvalue weighted by Crippen LogP contribution is -2.00. The highest BCUT2D eigenvalue weighted by Gasteiger charge is 2.21. The molecule has 3 heterocycles. The molecule has 10 rings (SSSR count). The molecule has 0 saturated carbocycles. The van der Waals surface area contributed by atoms with E-state index in [-0.39, 0.29) is 0 Å². The van der Waals surface area contributed by atoms with Crippen molar-refractivity contribution in [1.82, 2.24) is 15.0 Å². The maximum atomic E-state index is 6.66. The molecule has 0 saturated heterocycles. The van der Waals surface area contributed by atoms with Crippen molar-refractivity contribution in [2.75, 3.05) is 0 Å². The van der Waals surface area contributed by atoms with Crippen LogP contribution in [0.25, 0.3) is 98.2 Å². The van der Waals surface area contributed by atoms with Gasteiger partial charge >= 0.3 is 0 Å². The van der Waals surface area contributed by atoms with Crippen LogP contribution in [0.4, 0.5) is 0 Å². The van der Waals surface area contributed by atoms with Gasteiger partial charge in [-0.3, -0.25) is 0 Å². The first-order valence-corrected chi connectivity index (χ1v) is 16.8. The van der Waals surface area contributed by atoms with E-state index in [9.17, 15) is 0 Å². The smallest absolute Gasteiger partial charge is 0.164 e. The first-order chi connectivity index (χ1) is 23.8. The topological polar surface area (TPSA) is 51.8 Å². The molecule has 48 heavy (non-hydrogen) atoms. The van der Waals surface area contributed by atoms with Crippen LogP contribution >= 0.6 is 11.3 Å². The summed E-state index contributed by atoms with van der Waals surface area (Å²) in [5, 5.41) is 6.66. The van der Waals surface area contributed by atoms with E-state index >= 15 is 0 Å². The van der Waals surface area contributed by atoms with E-state index in [0.717, 1.165) is 60.5 Å². The van der Waals surface area contributed by atoms with Crippen molar-refractivity contribution in [3.05, 3.63) is 152 Å². The number of furan rings is 1. The Bertz CT molecular complexity index is 2840. The van der Waals surface area contributed by atoms with E-state index in [1.54, 1.807) is 11.3 Å². The molecule has 0 aliphatic carbocycles. The molecule has 0 radical (unpaired) electrons. The van der Waals surface area contributed by atoms with Gasteiger partial charge in [0.2, 0.25) is 0 Å². The van der Waals surface area contributed by atoms with Crippen molar-refractivity contribution in [2.24, 2.45) is 0 Å². The molecule has 0 aliphatic heterocycles. The standard InChI is InChI=1S/C43H25N3OS/c1-3-11-26(12-4-1)28-19-20-29-24-35(39-33-16-7-9-17-36(33)47-40(39)34(29)23-28)43-45-41(27-13-5-2-6-14-27)44-42(46-43)30-21-22-32-31-15-8-10-18-37(31)48-38(32)25-30/h1-25H. The summed E-state index contributed by atoms with van der Waals surface area (Å²) in [4.78, 5) is 15.4. The number of fused-ring (bicyclic) bond motifs is 8. The lowest BCUT2D eigenvalue weighted by molar-refractivity contribution is 0.672. The fraction of sp³-hybridized carbons (Fsp3) is 0. The molecule has 0 unspecified atom stereocenters. The minimum absolute atomic E-state index is 0.612. The number of nitrogens with zero attached hydrogens (tertiary/aromatic N) is 3. The second-order valence-corrected chi connectivity index (χ2v) is 13.1. The molecule has 224 valence electrons. The Morgan fingerprint density at radius 1 is 0.417 bits per heavy atom. The SMILES string of the molecule is c1ccc(-c2ccc3cc(-c4nc(-c5ccccc5)nc(-c5ccc6c(c5)sc5ccccc56)n4)c4c5ccccc5oc4c3c2)cc1. The summed E-state index contributed by atoms with van der Waals surface area (Å²) in [7, 11) is 0. The summed E-state index contributed by atoms with van der Waals surface area (Å²) in [6, 6.07) is 52.7. The lowest BCUT2D eigenvalue weighted by Gasteiger charge is -2.11. The minimum Gasteiger partial charge on any atom is -0.455 e. The van der Waals surface area contributed by atoms with Crippen LogP contribution in [0.15, 0.2) is 156 Å². The molecular formula is C43H25N3OS. The van der Waals surface area contributed by atoms with Crippen LogP contribution in [0.3, 0.4) is 0 Å². The van der Waals surface area contributed by atoms with E-state index in [1.165, 1.54) is 20.2 Å². The number of benzene rings is 7. The Labute approximate surface area is 279 Å². The van der Waals surface area contributed by atoms with Gasteiger partial charge in [0.15, 0.2) is 17.5 Å². The Balaban J connectivity index is 1.25. The van der Waals surface area contributed by atoms with Crippen molar-refractivity contribution in [2.45, 2.75) is 0 Å². The zero-order chi connectivity index (χ0) is 31.6. The summed E-state index contributed by atoms with van der Waals surface area (Å²) in [6.07, 6.45) is 0. The van der Waals surface area contributed by atoms with E-state index < -0.39 is 0 Å². The first kappa shape index (κ1) is 27.0. The fourth-order valence-corrected chi connectivity index (χ4v) is 7.95. The van der Waals surface area contributed by atoms with E-state index in [2.05, 4.69) is 103 Å². The van der Waals surface area contributed by atoms with Crippen LogP contribution in [-0.2, 0) is 0 Å². The maximum absolute atomic E-state index is 6.66. The number of hydrogen-bond acceptors (Lipinski definition) is 5. The Morgan fingerprint density at radius 2 is 1.06 bits per heavy atom. The summed E-state index contributed by atoms with van der Waals surface area (Å²) in [5.74, 6) is 1.88. The molecule has 7 aromatic carbocycles. The van der Waals surface area contributed by atoms with Gasteiger partial charge in [-0.2, -0.15) is 0 Å². The molecule has 4 nitrogen and oxygen atoms in total. The molecule has 0 spiro atoms. The van der Waals surface area contributed by atoms with Crippen LogP contribution in [0.2, 0.25) is 0 Å². The Kier molecular flexibility index (Phi) is 6.01. The number of thiophene rings is 1. The third-order valence-corrected chi connectivity index (χ3v) is 10.2. The summed E-state index contributed by atoms with van der Waals surface area (Å²) in [6.45, 7) is 0. The molecule has 3 aromatic heterocycles. The Hall–Kier alpha value is -6.17. The molecule has 0 aliphatic rings. The first-order valence-electron chi connectivity index (χ1n) is 15.9. The molecule has 0 amide bonds. The predicted molar refractivity (Wildman–Crippen MR) is 199 cm³/mol. The average molecular weight is 632 g/mol. The van der Waals surface area contributed by atoms with Crippen molar-refractivity contribution < 1.29 is 4.42 Å². The van der Waals surface area contributed by atoms with Gasteiger partial charge in [0.25, 0.3) is 0 Å². The van der Waals surface area contributed by atoms with Gasteiger partial charge in [0.1, 0.15) is 11.2 Å². The van der Waals surface area contributed by atoms with Gasteiger partial charge in [-0.25, -0.2) is 15.0 Å². The molecule has 0 N–H and O–H groups in total. The fourth-order valence-electron chi connectivity index (χ4n) is 6.80. The Morgan fingerprint density at radius 3 is 1.90 bits per heavy atom. The molecule has 0 atom stereocenters. The van der Waals surface area contributed by atoms with Crippen molar-refractivity contribution >= 4 is 64.2 Å². The molecule has 0 fully saturated rings. The number of rotatable bonds is 4. The summed E-state index contributed by atoms with van der Waals surface area (Å²) in [5.41, 5.74) is 6.78. The predicted octanol–water partition coefficient (Wildman–Crippen LogP) is 12.0. The van der Waals surface area contributed by atoms with Crippen LogP contribution in [0.5, 0.6) is 0 Å². The number of hydrogen-bond donors (Lipinski definition) is 0. The highest BCUT2D eigenvalue weighted by molar-refractivity contribution is 7.25. The van der Waals surface area contributed by atoms with Crippen LogP contribution in [0, 0.1) is 0 Å². The second kappa shape index (κ2) is 10.7. The van der Waals surface area contributed by atoms with Crippen LogP contribution in [0.1, 0.15) is 0 Å². The van der Waals surface area contributed by atoms with Gasteiger partial charge in [0.05, 0.1) is 0 Å². The number of aromatic nitrogens is 3. The largest absolute Gasteiger partial charge is 0.455 e. The molecular weight excluding hydrogens is 607 g/mol. The molecule has 5 heteroatoms. The quantitative estimate of drug-likeness (QED) is 0.194. The molecule has 10 aromatic rings. The zero-order valence-corrected chi connectivity index (χ0v) is 26.4.